The van der Waals surface area contributed by atoms with E-state index in [4.69, 9.17) is 32.2 Å². The van der Waals surface area contributed by atoms with Crippen molar-refractivity contribution in [2.75, 3.05) is 20.3 Å². The molecule has 110 valence electrons. The second-order valence-corrected chi connectivity index (χ2v) is 5.33. The van der Waals surface area contributed by atoms with Crippen LogP contribution in [-0.2, 0) is 16.1 Å². The molecule has 0 aliphatic carbocycles. The highest BCUT2D eigenvalue weighted by atomic mass is 32.1. The van der Waals surface area contributed by atoms with Gasteiger partial charge < -0.3 is 19.9 Å². The fourth-order valence-corrected chi connectivity index (χ4v) is 2.41. The average molecular weight is 295 g/mol. The first kappa shape index (κ1) is 15.2. The van der Waals surface area contributed by atoms with Gasteiger partial charge in [-0.15, -0.1) is 0 Å². The molecule has 0 spiro atoms. The number of rotatable bonds is 6. The Balaban J connectivity index is 1.93. The maximum absolute atomic E-state index is 5.75. The number of thiocarbonyl (C=S) groups is 1. The van der Waals surface area contributed by atoms with E-state index in [-0.39, 0.29) is 6.10 Å². The van der Waals surface area contributed by atoms with Gasteiger partial charge in [0.25, 0.3) is 0 Å². The molecule has 1 aromatic rings. The molecule has 1 aliphatic rings. The molecule has 5 heteroatoms. The van der Waals surface area contributed by atoms with E-state index in [1.807, 2.05) is 18.2 Å². The van der Waals surface area contributed by atoms with E-state index in [1.54, 1.807) is 7.11 Å². The minimum atomic E-state index is 0.216. The highest BCUT2D eigenvalue weighted by molar-refractivity contribution is 7.80. The summed E-state index contributed by atoms with van der Waals surface area (Å²) >= 11 is 4.99. The van der Waals surface area contributed by atoms with Gasteiger partial charge in [0.05, 0.1) is 26.4 Å². The summed E-state index contributed by atoms with van der Waals surface area (Å²) in [5.74, 6) is 0.787. The first-order valence-corrected chi connectivity index (χ1v) is 7.27. The van der Waals surface area contributed by atoms with E-state index in [0.29, 0.717) is 18.2 Å². The van der Waals surface area contributed by atoms with Gasteiger partial charge in [0.2, 0.25) is 0 Å². The zero-order valence-corrected chi connectivity index (χ0v) is 12.6. The number of ether oxygens (including phenoxy) is 3. The molecule has 1 atom stereocenters. The van der Waals surface area contributed by atoms with Crippen LogP contribution in [0.15, 0.2) is 18.2 Å². The third-order valence-corrected chi connectivity index (χ3v) is 3.64. The molecule has 0 bridgehead atoms. The molecule has 0 saturated carbocycles. The Labute approximate surface area is 125 Å². The van der Waals surface area contributed by atoms with Crippen LogP contribution in [0.5, 0.6) is 5.75 Å². The van der Waals surface area contributed by atoms with Crippen LogP contribution in [0.3, 0.4) is 0 Å². The van der Waals surface area contributed by atoms with Crippen molar-refractivity contribution >= 4 is 17.2 Å². The quantitative estimate of drug-likeness (QED) is 0.817. The maximum atomic E-state index is 5.75. The molecular weight excluding hydrogens is 274 g/mol. The Morgan fingerprint density at radius 2 is 2.30 bits per heavy atom. The van der Waals surface area contributed by atoms with Crippen LogP contribution < -0.4 is 10.5 Å². The molecule has 1 heterocycles. The Morgan fingerprint density at radius 1 is 1.45 bits per heavy atom. The summed E-state index contributed by atoms with van der Waals surface area (Å²) in [5, 5.41) is 0. The Hall–Kier alpha value is -1.17. The summed E-state index contributed by atoms with van der Waals surface area (Å²) in [7, 11) is 1.64. The molecule has 0 aromatic heterocycles. The summed E-state index contributed by atoms with van der Waals surface area (Å²) in [6.07, 6.45) is 3.66. The Bertz CT molecular complexity index is 458. The fraction of sp³-hybridized carbons (Fsp3) is 0.533. The van der Waals surface area contributed by atoms with E-state index in [9.17, 15) is 0 Å². The van der Waals surface area contributed by atoms with Crippen molar-refractivity contribution < 1.29 is 14.2 Å². The second-order valence-electron chi connectivity index (χ2n) is 4.89. The fourth-order valence-electron chi connectivity index (χ4n) is 2.28. The number of hydrogen-bond acceptors (Lipinski definition) is 4. The molecular formula is C15H21NO3S. The lowest BCUT2D eigenvalue weighted by atomic mass is 10.1. The van der Waals surface area contributed by atoms with Crippen molar-refractivity contribution in [1.29, 1.82) is 0 Å². The van der Waals surface area contributed by atoms with Gasteiger partial charge in [0, 0.05) is 17.7 Å². The molecule has 1 unspecified atom stereocenters. The molecule has 1 saturated heterocycles. The van der Waals surface area contributed by atoms with Crippen molar-refractivity contribution in [3.8, 4) is 5.75 Å². The van der Waals surface area contributed by atoms with Gasteiger partial charge in [-0.2, -0.15) is 0 Å². The average Bonchev–Trinajstić information content (AvgIpc) is 2.48. The Morgan fingerprint density at radius 3 is 2.95 bits per heavy atom. The van der Waals surface area contributed by atoms with Crippen LogP contribution in [0.25, 0.3) is 0 Å². The van der Waals surface area contributed by atoms with E-state index < -0.39 is 0 Å². The van der Waals surface area contributed by atoms with Crippen molar-refractivity contribution in [1.82, 2.24) is 0 Å². The van der Waals surface area contributed by atoms with Gasteiger partial charge >= 0.3 is 0 Å². The SMILES string of the molecule is COc1ccc(C(N)=S)cc1COCC1CCCCO1. The van der Waals surface area contributed by atoms with Crippen molar-refractivity contribution in [3.63, 3.8) is 0 Å². The molecule has 2 rings (SSSR count). The first-order valence-electron chi connectivity index (χ1n) is 6.86. The van der Waals surface area contributed by atoms with Crippen molar-refractivity contribution in [3.05, 3.63) is 29.3 Å². The lowest BCUT2D eigenvalue weighted by molar-refractivity contribution is -0.0449. The van der Waals surface area contributed by atoms with E-state index in [0.717, 1.165) is 36.3 Å². The predicted molar refractivity (Wildman–Crippen MR) is 82.1 cm³/mol. The molecule has 1 aliphatic heterocycles. The second kappa shape index (κ2) is 7.57. The van der Waals surface area contributed by atoms with Gasteiger partial charge in [-0.25, -0.2) is 0 Å². The molecule has 4 nitrogen and oxygen atoms in total. The van der Waals surface area contributed by atoms with E-state index in [2.05, 4.69) is 0 Å². The molecule has 0 radical (unpaired) electrons. The molecule has 1 fully saturated rings. The van der Waals surface area contributed by atoms with Gasteiger partial charge in [-0.1, -0.05) is 12.2 Å². The molecule has 20 heavy (non-hydrogen) atoms. The third-order valence-electron chi connectivity index (χ3n) is 3.40. The topological polar surface area (TPSA) is 53.7 Å². The minimum Gasteiger partial charge on any atom is -0.496 e. The summed E-state index contributed by atoms with van der Waals surface area (Å²) in [6, 6.07) is 5.64. The smallest absolute Gasteiger partial charge is 0.124 e. The van der Waals surface area contributed by atoms with Crippen molar-refractivity contribution in [2.45, 2.75) is 32.0 Å². The number of hydrogen-bond donors (Lipinski definition) is 1. The summed E-state index contributed by atoms with van der Waals surface area (Å²) in [6.45, 7) is 1.92. The monoisotopic (exact) mass is 295 g/mol. The van der Waals surface area contributed by atoms with Crippen LogP contribution >= 0.6 is 12.2 Å². The highest BCUT2D eigenvalue weighted by Crippen LogP contribution is 2.21. The maximum Gasteiger partial charge on any atom is 0.124 e. The highest BCUT2D eigenvalue weighted by Gasteiger charge is 2.14. The van der Waals surface area contributed by atoms with Crippen LogP contribution in [0.2, 0.25) is 0 Å². The molecule has 2 N–H and O–H groups in total. The summed E-state index contributed by atoms with van der Waals surface area (Å²) in [4.78, 5) is 0.379. The van der Waals surface area contributed by atoms with E-state index in [1.165, 1.54) is 6.42 Å². The van der Waals surface area contributed by atoms with Gasteiger partial charge in [-0.3, -0.25) is 0 Å². The lowest BCUT2D eigenvalue weighted by Crippen LogP contribution is -2.24. The van der Waals surface area contributed by atoms with Gasteiger partial charge in [0.15, 0.2) is 0 Å². The van der Waals surface area contributed by atoms with Crippen LogP contribution in [0.4, 0.5) is 0 Å². The zero-order chi connectivity index (χ0) is 14.4. The molecule has 1 aromatic carbocycles. The lowest BCUT2D eigenvalue weighted by Gasteiger charge is -2.22. The normalized spacial score (nSPS) is 18.8. The third kappa shape index (κ3) is 4.16. The summed E-state index contributed by atoms with van der Waals surface area (Å²) in [5.41, 5.74) is 7.43. The predicted octanol–water partition coefficient (Wildman–Crippen LogP) is 2.42. The number of methoxy groups -OCH3 is 1. The van der Waals surface area contributed by atoms with Crippen molar-refractivity contribution in [2.24, 2.45) is 5.73 Å². The zero-order valence-electron chi connectivity index (χ0n) is 11.8. The number of nitrogens with two attached hydrogens (primary N) is 1. The van der Waals surface area contributed by atoms with Crippen LogP contribution in [0.1, 0.15) is 30.4 Å². The van der Waals surface area contributed by atoms with E-state index >= 15 is 0 Å². The first-order chi connectivity index (χ1) is 9.70. The van der Waals surface area contributed by atoms with Crippen LogP contribution in [-0.4, -0.2) is 31.4 Å². The Kier molecular flexibility index (Phi) is 5.76. The standard InChI is InChI=1S/C15H21NO3S/c1-17-14-6-5-11(15(16)20)8-12(14)9-18-10-13-4-2-3-7-19-13/h5-6,8,13H,2-4,7,9-10H2,1H3,(H2,16,20). The summed E-state index contributed by atoms with van der Waals surface area (Å²) < 4.78 is 16.7. The van der Waals surface area contributed by atoms with Gasteiger partial charge in [0.1, 0.15) is 10.7 Å². The molecule has 0 amide bonds. The minimum absolute atomic E-state index is 0.216. The van der Waals surface area contributed by atoms with Crippen LogP contribution in [0, 0.1) is 0 Å². The largest absolute Gasteiger partial charge is 0.496 e. The van der Waals surface area contributed by atoms with Gasteiger partial charge in [-0.05, 0) is 37.5 Å². The number of benzene rings is 1.